The molecule has 15 heavy (non-hydrogen) atoms. The summed E-state index contributed by atoms with van der Waals surface area (Å²) in [6, 6.07) is 1.78. The van der Waals surface area contributed by atoms with Gasteiger partial charge in [-0.2, -0.15) is 5.26 Å². The van der Waals surface area contributed by atoms with Gasteiger partial charge in [0.05, 0.1) is 25.5 Å². The molecule has 0 aliphatic heterocycles. The van der Waals surface area contributed by atoms with Crippen molar-refractivity contribution >= 4 is 11.9 Å². The number of hydrogen-bond donors (Lipinski definition) is 1. The molecule has 0 spiro atoms. The SMILES string of the molecule is CCOC(=O)CCC(=O)NC(C)CC#N. The summed E-state index contributed by atoms with van der Waals surface area (Å²) >= 11 is 0. The standard InChI is InChI=1S/C10H16N2O3/c1-3-15-10(14)5-4-9(13)12-8(2)6-7-11/h8H,3-6H2,1-2H3,(H,12,13). The van der Waals surface area contributed by atoms with Crippen LogP contribution in [-0.4, -0.2) is 24.5 Å². The first kappa shape index (κ1) is 13.4. The van der Waals surface area contributed by atoms with E-state index in [0.717, 1.165) is 0 Å². The summed E-state index contributed by atoms with van der Waals surface area (Å²) in [5.41, 5.74) is 0. The van der Waals surface area contributed by atoms with Crippen LogP contribution in [-0.2, 0) is 14.3 Å². The van der Waals surface area contributed by atoms with E-state index in [1.807, 2.05) is 6.07 Å². The Hall–Kier alpha value is -1.57. The number of esters is 1. The minimum Gasteiger partial charge on any atom is -0.466 e. The van der Waals surface area contributed by atoms with Crippen LogP contribution < -0.4 is 5.32 Å². The fourth-order valence-corrected chi connectivity index (χ4v) is 0.984. The number of nitriles is 1. The van der Waals surface area contributed by atoms with Crippen LogP contribution in [0.2, 0.25) is 0 Å². The van der Waals surface area contributed by atoms with Crippen molar-refractivity contribution in [3.8, 4) is 6.07 Å². The molecule has 5 heteroatoms. The van der Waals surface area contributed by atoms with Crippen molar-refractivity contribution in [1.29, 1.82) is 5.26 Å². The van der Waals surface area contributed by atoms with Gasteiger partial charge < -0.3 is 10.1 Å². The quantitative estimate of drug-likeness (QED) is 0.659. The molecule has 0 saturated carbocycles. The smallest absolute Gasteiger partial charge is 0.306 e. The summed E-state index contributed by atoms with van der Waals surface area (Å²) in [5, 5.41) is 11.0. The lowest BCUT2D eigenvalue weighted by Gasteiger charge is -2.09. The fraction of sp³-hybridized carbons (Fsp3) is 0.700. The van der Waals surface area contributed by atoms with Crippen LogP contribution >= 0.6 is 0 Å². The van der Waals surface area contributed by atoms with Gasteiger partial charge in [-0.25, -0.2) is 0 Å². The van der Waals surface area contributed by atoms with Crippen molar-refractivity contribution in [3.63, 3.8) is 0 Å². The minimum absolute atomic E-state index is 0.0823. The van der Waals surface area contributed by atoms with Gasteiger partial charge in [-0.05, 0) is 13.8 Å². The second-order valence-electron chi connectivity index (χ2n) is 3.14. The normalized spacial score (nSPS) is 11.3. The first-order chi connectivity index (χ1) is 7.10. The average molecular weight is 212 g/mol. The Kier molecular flexibility index (Phi) is 6.98. The van der Waals surface area contributed by atoms with Gasteiger partial charge in [0.15, 0.2) is 0 Å². The molecule has 5 nitrogen and oxygen atoms in total. The Morgan fingerprint density at radius 2 is 2.13 bits per heavy atom. The number of carbonyl (C=O) groups excluding carboxylic acids is 2. The van der Waals surface area contributed by atoms with E-state index in [9.17, 15) is 9.59 Å². The van der Waals surface area contributed by atoms with E-state index in [1.54, 1.807) is 13.8 Å². The van der Waals surface area contributed by atoms with Crippen molar-refractivity contribution in [2.24, 2.45) is 0 Å². The number of amides is 1. The molecule has 1 unspecified atom stereocenters. The van der Waals surface area contributed by atoms with Crippen LogP contribution in [0.1, 0.15) is 33.1 Å². The van der Waals surface area contributed by atoms with Crippen LogP contribution in [0.5, 0.6) is 0 Å². The lowest BCUT2D eigenvalue weighted by molar-refractivity contribution is -0.144. The van der Waals surface area contributed by atoms with E-state index < -0.39 is 0 Å². The van der Waals surface area contributed by atoms with Gasteiger partial charge in [-0.3, -0.25) is 9.59 Å². The first-order valence-electron chi connectivity index (χ1n) is 4.92. The van der Waals surface area contributed by atoms with Crippen molar-refractivity contribution in [2.45, 2.75) is 39.2 Å². The molecule has 0 fully saturated rings. The summed E-state index contributed by atoms with van der Waals surface area (Å²) in [5.74, 6) is -0.605. The molecule has 0 heterocycles. The summed E-state index contributed by atoms with van der Waals surface area (Å²) in [7, 11) is 0. The predicted molar refractivity (Wildman–Crippen MR) is 53.7 cm³/mol. The van der Waals surface area contributed by atoms with E-state index in [4.69, 9.17) is 5.26 Å². The Morgan fingerprint density at radius 1 is 1.47 bits per heavy atom. The third-order valence-electron chi connectivity index (χ3n) is 1.67. The Labute approximate surface area is 89.4 Å². The molecule has 1 N–H and O–H groups in total. The lowest BCUT2D eigenvalue weighted by atomic mass is 10.2. The van der Waals surface area contributed by atoms with E-state index in [2.05, 4.69) is 10.1 Å². The molecule has 0 aromatic heterocycles. The van der Waals surface area contributed by atoms with Gasteiger partial charge in [0.1, 0.15) is 0 Å². The highest BCUT2D eigenvalue weighted by atomic mass is 16.5. The van der Waals surface area contributed by atoms with Crippen LogP contribution in [0.3, 0.4) is 0 Å². The molecule has 0 rings (SSSR count). The zero-order chi connectivity index (χ0) is 11.7. The van der Waals surface area contributed by atoms with Crippen molar-refractivity contribution < 1.29 is 14.3 Å². The fourth-order valence-electron chi connectivity index (χ4n) is 0.984. The highest BCUT2D eigenvalue weighted by Crippen LogP contribution is 1.95. The second kappa shape index (κ2) is 7.80. The summed E-state index contributed by atoms with van der Waals surface area (Å²) < 4.78 is 4.67. The van der Waals surface area contributed by atoms with E-state index >= 15 is 0 Å². The third-order valence-corrected chi connectivity index (χ3v) is 1.67. The maximum Gasteiger partial charge on any atom is 0.306 e. The summed E-state index contributed by atoms with van der Waals surface area (Å²) in [4.78, 5) is 22.1. The molecular formula is C10H16N2O3. The van der Waals surface area contributed by atoms with E-state index in [1.165, 1.54) is 0 Å². The Bertz CT molecular complexity index is 258. The molecule has 0 aliphatic rings. The molecule has 1 amide bonds. The number of hydrogen-bond acceptors (Lipinski definition) is 4. The van der Waals surface area contributed by atoms with Crippen molar-refractivity contribution in [3.05, 3.63) is 0 Å². The van der Waals surface area contributed by atoms with Crippen LogP contribution in [0.4, 0.5) is 0 Å². The maximum absolute atomic E-state index is 11.2. The molecule has 0 saturated heterocycles. The molecule has 0 radical (unpaired) electrons. The average Bonchev–Trinajstić information content (AvgIpc) is 2.15. The molecule has 0 aliphatic carbocycles. The Balaban J connectivity index is 3.66. The minimum atomic E-state index is -0.374. The molecule has 0 bridgehead atoms. The largest absolute Gasteiger partial charge is 0.466 e. The van der Waals surface area contributed by atoms with Gasteiger partial charge in [-0.15, -0.1) is 0 Å². The highest BCUT2D eigenvalue weighted by Gasteiger charge is 2.09. The molecule has 84 valence electrons. The van der Waals surface area contributed by atoms with Gasteiger partial charge in [0, 0.05) is 12.5 Å². The Morgan fingerprint density at radius 3 is 2.67 bits per heavy atom. The topological polar surface area (TPSA) is 79.2 Å². The van der Waals surface area contributed by atoms with Crippen LogP contribution in [0.25, 0.3) is 0 Å². The van der Waals surface area contributed by atoms with Gasteiger partial charge in [0.25, 0.3) is 0 Å². The van der Waals surface area contributed by atoms with E-state index in [0.29, 0.717) is 6.61 Å². The zero-order valence-corrected chi connectivity index (χ0v) is 9.08. The highest BCUT2D eigenvalue weighted by molar-refractivity contribution is 5.81. The number of carbonyl (C=O) groups is 2. The second-order valence-corrected chi connectivity index (χ2v) is 3.14. The van der Waals surface area contributed by atoms with Gasteiger partial charge in [0.2, 0.25) is 5.91 Å². The third kappa shape index (κ3) is 7.50. The molecule has 0 aromatic rings. The number of nitrogens with one attached hydrogen (secondary N) is 1. The van der Waals surface area contributed by atoms with Gasteiger partial charge in [-0.1, -0.05) is 0 Å². The number of nitrogens with zero attached hydrogens (tertiary/aromatic N) is 1. The number of rotatable bonds is 6. The van der Waals surface area contributed by atoms with Crippen LogP contribution in [0.15, 0.2) is 0 Å². The first-order valence-corrected chi connectivity index (χ1v) is 4.92. The summed E-state index contributed by atoms with van der Waals surface area (Å²) in [6.07, 6.45) is 0.457. The van der Waals surface area contributed by atoms with Crippen molar-refractivity contribution in [2.75, 3.05) is 6.61 Å². The lowest BCUT2D eigenvalue weighted by Crippen LogP contribution is -2.32. The molecular weight excluding hydrogens is 196 g/mol. The maximum atomic E-state index is 11.2. The van der Waals surface area contributed by atoms with Gasteiger partial charge >= 0.3 is 5.97 Å². The predicted octanol–water partition coefficient (Wildman–Crippen LogP) is 0.748. The monoisotopic (exact) mass is 212 g/mol. The molecule has 0 aromatic carbocycles. The van der Waals surface area contributed by atoms with Crippen LogP contribution in [0, 0.1) is 11.3 Å². The molecule has 1 atom stereocenters. The van der Waals surface area contributed by atoms with E-state index in [-0.39, 0.29) is 37.2 Å². The zero-order valence-electron chi connectivity index (χ0n) is 9.08. The summed E-state index contributed by atoms with van der Waals surface area (Å²) in [6.45, 7) is 3.78. The van der Waals surface area contributed by atoms with Crippen molar-refractivity contribution in [1.82, 2.24) is 5.32 Å². The number of ether oxygens (including phenoxy) is 1.